The quantitative estimate of drug-likeness (QED) is 0.926. The van der Waals surface area contributed by atoms with E-state index in [9.17, 15) is 4.79 Å². The van der Waals surface area contributed by atoms with Crippen molar-refractivity contribution in [3.8, 4) is 11.5 Å². The standard InChI is InChI=1S/C18H18N2O3/c1-20(2)12-5-3-11(4-6-12)13-8-18(21)19-15-9-17-16(7-14(13)15)22-10-23-17/h3-7,9,13H,8,10H2,1-2H3,(H,19,21). The Morgan fingerprint density at radius 1 is 1.09 bits per heavy atom. The number of carbonyl (C=O) groups excluding carboxylic acids is 1. The van der Waals surface area contributed by atoms with Crippen LogP contribution in [0, 0.1) is 0 Å². The maximum absolute atomic E-state index is 12.1. The second-order valence-electron chi connectivity index (χ2n) is 6.08. The van der Waals surface area contributed by atoms with Gasteiger partial charge in [-0.05, 0) is 29.3 Å². The van der Waals surface area contributed by atoms with E-state index >= 15 is 0 Å². The summed E-state index contributed by atoms with van der Waals surface area (Å²) >= 11 is 0. The normalized spacial score (nSPS) is 18.3. The molecular formula is C18H18N2O3. The van der Waals surface area contributed by atoms with E-state index in [1.165, 1.54) is 0 Å². The van der Waals surface area contributed by atoms with Crippen molar-refractivity contribution >= 4 is 17.3 Å². The van der Waals surface area contributed by atoms with Crippen LogP contribution in [0.25, 0.3) is 0 Å². The van der Waals surface area contributed by atoms with Crippen LogP contribution in [0.2, 0.25) is 0 Å². The highest BCUT2D eigenvalue weighted by atomic mass is 16.7. The van der Waals surface area contributed by atoms with Crippen molar-refractivity contribution in [2.45, 2.75) is 12.3 Å². The average molecular weight is 310 g/mol. The molecule has 0 fully saturated rings. The van der Waals surface area contributed by atoms with Gasteiger partial charge >= 0.3 is 0 Å². The Morgan fingerprint density at radius 3 is 2.48 bits per heavy atom. The van der Waals surface area contributed by atoms with Gasteiger partial charge in [0.15, 0.2) is 11.5 Å². The van der Waals surface area contributed by atoms with E-state index in [0.717, 1.165) is 28.3 Å². The molecule has 0 bridgehead atoms. The van der Waals surface area contributed by atoms with E-state index in [2.05, 4.69) is 34.5 Å². The first-order valence-electron chi connectivity index (χ1n) is 7.62. The molecule has 5 nitrogen and oxygen atoms in total. The van der Waals surface area contributed by atoms with Crippen LogP contribution in [0.4, 0.5) is 11.4 Å². The fourth-order valence-corrected chi connectivity index (χ4v) is 3.15. The van der Waals surface area contributed by atoms with Crippen molar-refractivity contribution in [2.75, 3.05) is 31.1 Å². The van der Waals surface area contributed by atoms with Gasteiger partial charge in [0.1, 0.15) is 0 Å². The molecule has 4 rings (SSSR count). The summed E-state index contributed by atoms with van der Waals surface area (Å²) in [7, 11) is 4.03. The number of nitrogens with zero attached hydrogens (tertiary/aromatic N) is 1. The Balaban J connectivity index is 1.76. The van der Waals surface area contributed by atoms with Crippen LogP contribution in [0.1, 0.15) is 23.5 Å². The first-order chi connectivity index (χ1) is 11.1. The molecule has 23 heavy (non-hydrogen) atoms. The van der Waals surface area contributed by atoms with Crippen LogP contribution >= 0.6 is 0 Å². The minimum absolute atomic E-state index is 0.0260. The van der Waals surface area contributed by atoms with Crippen molar-refractivity contribution in [3.63, 3.8) is 0 Å². The number of hydrogen-bond donors (Lipinski definition) is 1. The second kappa shape index (κ2) is 5.19. The van der Waals surface area contributed by atoms with Gasteiger partial charge < -0.3 is 19.7 Å². The summed E-state index contributed by atoms with van der Waals surface area (Å²) < 4.78 is 10.9. The van der Waals surface area contributed by atoms with Gasteiger partial charge in [-0.25, -0.2) is 0 Å². The Hall–Kier alpha value is -2.69. The third kappa shape index (κ3) is 2.38. The molecular weight excluding hydrogens is 292 g/mol. The molecule has 1 atom stereocenters. The van der Waals surface area contributed by atoms with Gasteiger partial charge in [-0.15, -0.1) is 0 Å². The van der Waals surface area contributed by atoms with Crippen molar-refractivity contribution in [1.29, 1.82) is 0 Å². The molecule has 0 saturated carbocycles. The van der Waals surface area contributed by atoms with Crippen LogP contribution in [-0.2, 0) is 4.79 Å². The number of benzene rings is 2. The van der Waals surface area contributed by atoms with Crippen molar-refractivity contribution in [1.82, 2.24) is 0 Å². The van der Waals surface area contributed by atoms with E-state index in [0.29, 0.717) is 12.2 Å². The first-order valence-corrected chi connectivity index (χ1v) is 7.62. The van der Waals surface area contributed by atoms with Gasteiger partial charge in [-0.3, -0.25) is 4.79 Å². The summed E-state index contributed by atoms with van der Waals surface area (Å²) in [4.78, 5) is 14.2. The maximum Gasteiger partial charge on any atom is 0.231 e. The zero-order valence-electron chi connectivity index (χ0n) is 13.1. The fraction of sp³-hybridized carbons (Fsp3) is 0.278. The number of fused-ring (bicyclic) bond motifs is 2. The number of ether oxygens (including phenoxy) is 2. The number of nitrogens with one attached hydrogen (secondary N) is 1. The molecule has 0 spiro atoms. The minimum Gasteiger partial charge on any atom is -0.454 e. The lowest BCUT2D eigenvalue weighted by atomic mass is 9.84. The summed E-state index contributed by atoms with van der Waals surface area (Å²) in [5.41, 5.74) is 4.16. The largest absolute Gasteiger partial charge is 0.454 e. The molecule has 1 amide bonds. The van der Waals surface area contributed by atoms with E-state index in [4.69, 9.17) is 9.47 Å². The van der Waals surface area contributed by atoms with E-state index in [1.807, 2.05) is 26.2 Å². The molecule has 2 aliphatic rings. The van der Waals surface area contributed by atoms with E-state index in [-0.39, 0.29) is 18.6 Å². The molecule has 2 heterocycles. The van der Waals surface area contributed by atoms with E-state index in [1.54, 1.807) is 0 Å². The van der Waals surface area contributed by atoms with Crippen molar-refractivity contribution in [2.24, 2.45) is 0 Å². The lowest BCUT2D eigenvalue weighted by molar-refractivity contribution is -0.116. The molecule has 0 aromatic heterocycles. The predicted molar refractivity (Wildman–Crippen MR) is 88.4 cm³/mol. The summed E-state index contributed by atoms with van der Waals surface area (Å²) in [6.45, 7) is 0.231. The monoisotopic (exact) mass is 310 g/mol. The van der Waals surface area contributed by atoms with Crippen LogP contribution in [0.15, 0.2) is 36.4 Å². The molecule has 2 aromatic rings. The maximum atomic E-state index is 12.1. The molecule has 0 saturated heterocycles. The highest BCUT2D eigenvalue weighted by Gasteiger charge is 2.29. The molecule has 2 aromatic carbocycles. The third-order valence-corrected chi connectivity index (χ3v) is 4.40. The first kappa shape index (κ1) is 13.9. The average Bonchev–Trinajstić information content (AvgIpc) is 2.99. The van der Waals surface area contributed by atoms with Gasteiger partial charge in [-0.2, -0.15) is 0 Å². The van der Waals surface area contributed by atoms with Crippen LogP contribution < -0.4 is 19.7 Å². The second-order valence-corrected chi connectivity index (χ2v) is 6.08. The van der Waals surface area contributed by atoms with Gasteiger partial charge in [-0.1, -0.05) is 12.1 Å². The zero-order valence-corrected chi connectivity index (χ0v) is 13.1. The highest BCUT2D eigenvalue weighted by molar-refractivity contribution is 5.96. The molecule has 0 radical (unpaired) electrons. The van der Waals surface area contributed by atoms with E-state index < -0.39 is 0 Å². The molecule has 118 valence electrons. The molecule has 2 aliphatic heterocycles. The van der Waals surface area contributed by atoms with Gasteiger partial charge in [0, 0.05) is 43.9 Å². The van der Waals surface area contributed by atoms with Gasteiger partial charge in [0.25, 0.3) is 0 Å². The van der Waals surface area contributed by atoms with Crippen molar-refractivity contribution in [3.05, 3.63) is 47.5 Å². The lowest BCUT2D eigenvalue weighted by Crippen LogP contribution is -2.23. The number of carbonyl (C=O) groups is 1. The van der Waals surface area contributed by atoms with Crippen LogP contribution in [-0.4, -0.2) is 26.8 Å². The van der Waals surface area contributed by atoms with Crippen molar-refractivity contribution < 1.29 is 14.3 Å². The number of anilines is 2. The summed E-state index contributed by atoms with van der Waals surface area (Å²) in [6, 6.07) is 12.2. The lowest BCUT2D eigenvalue weighted by Gasteiger charge is -2.26. The molecule has 1 N–H and O–H groups in total. The Morgan fingerprint density at radius 2 is 1.78 bits per heavy atom. The molecule has 5 heteroatoms. The number of amides is 1. The molecule has 0 aliphatic carbocycles. The predicted octanol–water partition coefficient (Wildman–Crippen LogP) is 2.96. The number of hydrogen-bond acceptors (Lipinski definition) is 4. The number of rotatable bonds is 2. The Kier molecular flexibility index (Phi) is 3.15. The minimum atomic E-state index is 0.0260. The zero-order chi connectivity index (χ0) is 16.0. The SMILES string of the molecule is CN(C)c1ccc(C2CC(=O)Nc3cc4c(cc32)OCO4)cc1. The van der Waals surface area contributed by atoms with Crippen LogP contribution in [0.5, 0.6) is 11.5 Å². The topological polar surface area (TPSA) is 50.8 Å². The van der Waals surface area contributed by atoms with Gasteiger partial charge in [0.2, 0.25) is 12.7 Å². The highest BCUT2D eigenvalue weighted by Crippen LogP contribution is 2.44. The Labute approximate surface area is 134 Å². The summed E-state index contributed by atoms with van der Waals surface area (Å²) in [6.07, 6.45) is 0.438. The Bertz CT molecular complexity index is 769. The molecule has 1 unspecified atom stereocenters. The fourth-order valence-electron chi connectivity index (χ4n) is 3.15. The van der Waals surface area contributed by atoms with Gasteiger partial charge in [0.05, 0.1) is 0 Å². The third-order valence-electron chi connectivity index (χ3n) is 4.40. The smallest absolute Gasteiger partial charge is 0.231 e. The summed E-state index contributed by atoms with van der Waals surface area (Å²) in [5.74, 6) is 1.49. The van der Waals surface area contributed by atoms with Crippen LogP contribution in [0.3, 0.4) is 0 Å². The summed E-state index contributed by atoms with van der Waals surface area (Å²) in [5, 5.41) is 2.94.